The average Bonchev–Trinajstić information content (AvgIpc) is 3.59. The van der Waals surface area contributed by atoms with Gasteiger partial charge < -0.3 is 18.9 Å². The summed E-state index contributed by atoms with van der Waals surface area (Å²) in [5, 5.41) is 0. The van der Waals surface area contributed by atoms with Gasteiger partial charge in [0.25, 0.3) is 0 Å². The lowest BCUT2D eigenvalue weighted by atomic mass is 9.85. The molecule has 4 aliphatic rings. The second kappa shape index (κ2) is 33.9. The van der Waals surface area contributed by atoms with Crippen molar-refractivity contribution < 1.29 is 76.7 Å². The van der Waals surface area contributed by atoms with Crippen molar-refractivity contribution in [3.05, 3.63) is 69.8 Å². The van der Waals surface area contributed by atoms with E-state index >= 15 is 9.59 Å². The molecule has 2 aromatic rings. The van der Waals surface area contributed by atoms with Crippen LogP contribution < -0.4 is 0 Å². The van der Waals surface area contributed by atoms with Gasteiger partial charge in [-0.15, -0.1) is 0 Å². The maximum Gasteiger partial charge on any atom is 0.387 e. The van der Waals surface area contributed by atoms with Crippen LogP contribution in [0.4, 0.5) is 0 Å². The summed E-state index contributed by atoms with van der Waals surface area (Å²) in [4.78, 5) is 154. The van der Waals surface area contributed by atoms with Gasteiger partial charge in [0.15, 0.2) is 24.4 Å². The van der Waals surface area contributed by atoms with Crippen molar-refractivity contribution in [2.75, 3.05) is 0 Å². The number of carbonyl (C=O) groups is 10. The summed E-state index contributed by atoms with van der Waals surface area (Å²) in [7, 11) is 0. The maximum atomic E-state index is 15.2. The Kier molecular flexibility index (Phi) is 26.9. The van der Waals surface area contributed by atoms with E-state index in [2.05, 4.69) is 0 Å². The zero-order valence-electron chi connectivity index (χ0n) is 49.2. The third-order valence-electron chi connectivity index (χ3n) is 17.0. The van der Waals surface area contributed by atoms with Gasteiger partial charge in [0, 0.05) is 22.3 Å². The Morgan fingerprint density at radius 2 is 0.585 bits per heavy atom. The van der Waals surface area contributed by atoms with Crippen LogP contribution in [0.25, 0.3) is 0 Å². The summed E-state index contributed by atoms with van der Waals surface area (Å²) in [5.74, 6) is -9.84. The summed E-state index contributed by atoms with van der Waals surface area (Å²) >= 11 is 0. The standard InChI is InChI=1S/C66H90O16/c1-5-9-13-17-39-51(77-61(71)43-27-21-28-43)57(67)47-35-25-37-49(55(47)59(69)53(41-19-15-11-7-3)79-63(73)45-31-23-32-45)65(75)81-82-66(76)50-38-26-36-48(58(68)52(40-18-14-10-6-2)78-62(72)44-29-22-30-44)56(50)60(70)54(42-20-16-12-8-4)80-64(74)46-33-24-34-46/h25-26,35-38,43-46,51-54H,5-24,27-34,39-42H2,1-4H3. The van der Waals surface area contributed by atoms with Crippen molar-refractivity contribution in [1.82, 2.24) is 0 Å². The smallest absolute Gasteiger partial charge is 0.387 e. The van der Waals surface area contributed by atoms with Crippen LogP contribution in [0.3, 0.4) is 0 Å². The molecule has 0 saturated heterocycles. The van der Waals surface area contributed by atoms with Crippen molar-refractivity contribution in [2.24, 2.45) is 23.7 Å². The van der Waals surface area contributed by atoms with Gasteiger partial charge >= 0.3 is 35.8 Å². The predicted molar refractivity (Wildman–Crippen MR) is 305 cm³/mol. The number of Topliss-reactive ketones (excluding diaryl/α,β-unsaturated/α-hetero) is 4. The number of rotatable bonds is 38. The zero-order valence-corrected chi connectivity index (χ0v) is 49.2. The molecule has 16 heteroatoms. The lowest BCUT2D eigenvalue weighted by Crippen LogP contribution is -2.37. The first-order valence-electron chi connectivity index (χ1n) is 31.4. The van der Waals surface area contributed by atoms with Gasteiger partial charge in [-0.1, -0.05) is 155 Å². The van der Waals surface area contributed by atoms with E-state index in [-0.39, 0.29) is 48.6 Å². The second-order valence-electron chi connectivity index (χ2n) is 23.3. The van der Waals surface area contributed by atoms with Crippen molar-refractivity contribution in [3.8, 4) is 0 Å². The summed E-state index contributed by atoms with van der Waals surface area (Å²) in [6, 6.07) is 7.78. The minimum Gasteiger partial charge on any atom is -0.454 e. The molecule has 4 atom stereocenters. The Balaban J connectivity index is 1.40. The molecule has 450 valence electrons. The molecule has 4 aliphatic carbocycles. The van der Waals surface area contributed by atoms with Crippen molar-refractivity contribution in [2.45, 2.75) is 258 Å². The quantitative estimate of drug-likeness (QED) is 0.0152. The molecule has 82 heavy (non-hydrogen) atoms. The van der Waals surface area contributed by atoms with E-state index in [4.69, 9.17) is 28.7 Å². The summed E-state index contributed by atoms with van der Waals surface area (Å²) in [6.07, 6.45) is 14.9. The van der Waals surface area contributed by atoms with Gasteiger partial charge in [0.1, 0.15) is 0 Å². The van der Waals surface area contributed by atoms with Crippen LogP contribution in [0.2, 0.25) is 0 Å². The molecule has 0 bridgehead atoms. The Bertz CT molecular complexity index is 2340. The van der Waals surface area contributed by atoms with Gasteiger partial charge in [0.05, 0.1) is 34.8 Å². The van der Waals surface area contributed by atoms with E-state index in [1.54, 1.807) is 0 Å². The first-order chi connectivity index (χ1) is 39.7. The molecule has 0 spiro atoms. The van der Waals surface area contributed by atoms with Crippen molar-refractivity contribution in [1.29, 1.82) is 0 Å². The SMILES string of the molecule is CCCCCCC(OC(=O)C1CCC1)C(=O)c1cccc(C(=O)OOC(=O)c2cccc(C(=O)C(CCCCCC)OC(=O)C3CCC3)c2C(=O)C(CCCCCC)OC(=O)C2CCC2)c1C(=O)C(CCCCCC)OC(=O)C1CCC1. The van der Waals surface area contributed by atoms with Crippen molar-refractivity contribution >= 4 is 58.9 Å². The average molecular weight is 1140 g/mol. The molecule has 0 N–H and O–H groups in total. The highest BCUT2D eigenvalue weighted by molar-refractivity contribution is 6.18. The lowest BCUT2D eigenvalue weighted by Gasteiger charge is -2.28. The molecular formula is C66H90O16. The van der Waals surface area contributed by atoms with Crippen LogP contribution >= 0.6 is 0 Å². The first kappa shape index (κ1) is 65.1. The molecule has 4 unspecified atom stereocenters. The molecule has 4 saturated carbocycles. The number of unbranched alkanes of at least 4 members (excludes halogenated alkanes) is 12. The second-order valence-corrected chi connectivity index (χ2v) is 23.3. The van der Waals surface area contributed by atoms with Gasteiger partial charge in [-0.2, -0.15) is 0 Å². The predicted octanol–water partition coefficient (Wildman–Crippen LogP) is 14.1. The van der Waals surface area contributed by atoms with Gasteiger partial charge in [0.2, 0.25) is 23.1 Å². The van der Waals surface area contributed by atoms with Crippen LogP contribution in [0.5, 0.6) is 0 Å². The third-order valence-corrected chi connectivity index (χ3v) is 17.0. The molecule has 0 heterocycles. The Morgan fingerprint density at radius 3 is 0.817 bits per heavy atom. The molecule has 6 rings (SSSR count). The highest BCUT2D eigenvalue weighted by Gasteiger charge is 2.41. The minimum absolute atomic E-state index is 0.0706. The van der Waals surface area contributed by atoms with E-state index in [9.17, 15) is 38.4 Å². The fraction of sp³-hybridized carbons (Fsp3) is 0.667. The zero-order chi connectivity index (χ0) is 59.0. The third kappa shape index (κ3) is 18.2. The maximum absolute atomic E-state index is 15.2. The molecule has 0 radical (unpaired) electrons. The topological polar surface area (TPSA) is 226 Å². The lowest BCUT2D eigenvalue weighted by molar-refractivity contribution is -0.187. The monoisotopic (exact) mass is 1140 g/mol. The Labute approximate surface area is 484 Å². The van der Waals surface area contributed by atoms with E-state index < -0.39 is 117 Å². The largest absolute Gasteiger partial charge is 0.454 e. The molecule has 4 fully saturated rings. The molecule has 16 nitrogen and oxygen atoms in total. The Morgan fingerprint density at radius 1 is 0.341 bits per heavy atom. The fourth-order valence-electron chi connectivity index (χ4n) is 10.7. The molecule has 0 amide bonds. The van der Waals surface area contributed by atoms with Crippen LogP contribution in [0.15, 0.2) is 36.4 Å². The fourth-order valence-corrected chi connectivity index (χ4v) is 10.7. The summed E-state index contributed by atoms with van der Waals surface area (Å²) < 4.78 is 23.8. The number of carbonyl (C=O) groups excluding carboxylic acids is 10. The number of hydrogen-bond donors (Lipinski definition) is 0. The summed E-state index contributed by atoms with van der Waals surface area (Å²) in [5.41, 5.74) is -2.56. The first-order valence-corrected chi connectivity index (χ1v) is 31.4. The van der Waals surface area contributed by atoms with E-state index in [1.165, 1.54) is 36.4 Å². The molecular weight excluding hydrogens is 1050 g/mol. The van der Waals surface area contributed by atoms with Crippen LogP contribution in [-0.2, 0) is 47.9 Å². The van der Waals surface area contributed by atoms with Crippen LogP contribution in [-0.4, -0.2) is 83.4 Å². The normalized spacial score (nSPS) is 16.8. The van der Waals surface area contributed by atoms with Crippen LogP contribution in [0.1, 0.15) is 295 Å². The van der Waals surface area contributed by atoms with Gasteiger partial charge in [-0.25, -0.2) is 19.4 Å². The summed E-state index contributed by atoms with van der Waals surface area (Å²) in [6.45, 7) is 8.13. The molecule has 2 aromatic carbocycles. The number of ketones is 4. The van der Waals surface area contributed by atoms with Gasteiger partial charge in [-0.3, -0.25) is 38.4 Å². The molecule has 0 aromatic heterocycles. The number of esters is 4. The highest BCUT2D eigenvalue weighted by atomic mass is 17.2. The van der Waals surface area contributed by atoms with Gasteiger partial charge in [-0.05, 0) is 115 Å². The van der Waals surface area contributed by atoms with E-state index in [0.717, 1.165) is 89.9 Å². The number of hydrogen-bond acceptors (Lipinski definition) is 16. The number of benzene rings is 2. The Hall–Kier alpha value is -6.06. The molecule has 0 aliphatic heterocycles. The number of ether oxygens (including phenoxy) is 4. The van der Waals surface area contributed by atoms with Crippen molar-refractivity contribution in [3.63, 3.8) is 0 Å². The highest BCUT2D eigenvalue weighted by Crippen LogP contribution is 2.35. The van der Waals surface area contributed by atoms with E-state index in [0.29, 0.717) is 89.9 Å². The minimum atomic E-state index is -1.43. The van der Waals surface area contributed by atoms with E-state index in [1.807, 2.05) is 27.7 Å². The van der Waals surface area contributed by atoms with Crippen LogP contribution in [0, 0.1) is 23.7 Å².